The average Bonchev–Trinajstić information content (AvgIpc) is 3.06. The minimum Gasteiger partial charge on any atom is -0.481 e. The number of carbonyl (C=O) groups excluding carboxylic acids is 2. The van der Waals surface area contributed by atoms with Crippen molar-refractivity contribution in [3.63, 3.8) is 0 Å². The molecule has 150 valence electrons. The van der Waals surface area contributed by atoms with E-state index in [0.29, 0.717) is 16.6 Å². The van der Waals surface area contributed by atoms with E-state index in [2.05, 4.69) is 15.6 Å². The number of amides is 2. The molecule has 28 heavy (non-hydrogen) atoms. The minimum atomic E-state index is -1.08. The van der Waals surface area contributed by atoms with Gasteiger partial charge < -0.3 is 15.2 Å². The van der Waals surface area contributed by atoms with Crippen LogP contribution in [0.5, 0.6) is 5.75 Å². The Morgan fingerprint density at radius 3 is 2.46 bits per heavy atom. The normalized spacial score (nSPS) is 12.9. The molecule has 0 bridgehead atoms. The fourth-order valence-corrected chi connectivity index (χ4v) is 3.03. The molecule has 0 aliphatic rings. The molecule has 0 fully saturated rings. The predicted molar refractivity (Wildman–Crippen MR) is 105 cm³/mol. The molecule has 0 saturated carbocycles. The van der Waals surface area contributed by atoms with Crippen LogP contribution in [-0.4, -0.2) is 40.0 Å². The fourth-order valence-electron chi connectivity index (χ4n) is 2.31. The third-order valence-corrected chi connectivity index (χ3v) is 4.60. The molecule has 3 N–H and O–H groups in total. The molecule has 9 heteroatoms. The van der Waals surface area contributed by atoms with Crippen LogP contribution in [0.15, 0.2) is 35.7 Å². The lowest BCUT2D eigenvalue weighted by molar-refractivity contribution is -0.143. The highest BCUT2D eigenvalue weighted by Crippen LogP contribution is 2.17. The van der Waals surface area contributed by atoms with E-state index in [1.165, 1.54) is 11.3 Å². The molecule has 0 saturated heterocycles. The standard InChI is InChI=1S/C19H23N3O5S/c1-11(2)16(18(25)26)21-15(23)9-13-10-28-19(20-13)22-17(24)12(3)27-14-7-5-4-6-8-14/h4-8,10-12,16H,9H2,1-3H3,(H,21,23)(H,25,26)(H,20,22,24). The lowest BCUT2D eigenvalue weighted by Gasteiger charge is -2.17. The highest BCUT2D eigenvalue weighted by Gasteiger charge is 2.24. The van der Waals surface area contributed by atoms with Crippen LogP contribution in [0, 0.1) is 5.92 Å². The van der Waals surface area contributed by atoms with Gasteiger partial charge in [-0.15, -0.1) is 11.3 Å². The van der Waals surface area contributed by atoms with Crippen LogP contribution in [0.2, 0.25) is 0 Å². The van der Waals surface area contributed by atoms with Crippen molar-refractivity contribution in [2.45, 2.75) is 39.3 Å². The van der Waals surface area contributed by atoms with Crippen molar-refractivity contribution in [3.8, 4) is 5.75 Å². The lowest BCUT2D eigenvalue weighted by Crippen LogP contribution is -2.44. The maximum Gasteiger partial charge on any atom is 0.326 e. The monoisotopic (exact) mass is 405 g/mol. The second-order valence-corrected chi connectivity index (χ2v) is 7.37. The van der Waals surface area contributed by atoms with Gasteiger partial charge in [-0.1, -0.05) is 32.0 Å². The summed E-state index contributed by atoms with van der Waals surface area (Å²) in [7, 11) is 0. The largest absolute Gasteiger partial charge is 0.481 e. The molecule has 1 heterocycles. The van der Waals surface area contributed by atoms with Gasteiger partial charge in [-0.3, -0.25) is 14.9 Å². The van der Waals surface area contributed by atoms with Crippen LogP contribution in [0.25, 0.3) is 0 Å². The second kappa shape index (κ2) is 9.84. The Morgan fingerprint density at radius 1 is 1.18 bits per heavy atom. The summed E-state index contributed by atoms with van der Waals surface area (Å²) in [4.78, 5) is 39.6. The maximum atomic E-state index is 12.2. The van der Waals surface area contributed by atoms with E-state index in [4.69, 9.17) is 9.84 Å². The zero-order valence-electron chi connectivity index (χ0n) is 15.8. The Hall–Kier alpha value is -2.94. The van der Waals surface area contributed by atoms with E-state index in [-0.39, 0.29) is 18.2 Å². The number of thiazole rings is 1. The number of para-hydroxylation sites is 1. The Kier molecular flexibility index (Phi) is 7.51. The van der Waals surface area contributed by atoms with E-state index in [9.17, 15) is 14.4 Å². The first-order chi connectivity index (χ1) is 13.3. The van der Waals surface area contributed by atoms with Gasteiger partial charge in [-0.2, -0.15) is 0 Å². The van der Waals surface area contributed by atoms with Crippen molar-refractivity contribution in [1.82, 2.24) is 10.3 Å². The van der Waals surface area contributed by atoms with Crippen LogP contribution >= 0.6 is 11.3 Å². The van der Waals surface area contributed by atoms with Crippen molar-refractivity contribution >= 4 is 34.3 Å². The number of nitrogens with zero attached hydrogens (tertiary/aromatic N) is 1. The molecule has 2 amide bonds. The summed E-state index contributed by atoms with van der Waals surface area (Å²) in [6.45, 7) is 5.06. The third kappa shape index (κ3) is 6.34. The quantitative estimate of drug-likeness (QED) is 0.589. The molecule has 8 nitrogen and oxygen atoms in total. The first kappa shape index (κ1) is 21.4. The molecule has 0 aliphatic carbocycles. The highest BCUT2D eigenvalue weighted by molar-refractivity contribution is 7.13. The summed E-state index contributed by atoms with van der Waals surface area (Å²) in [5, 5.41) is 16.2. The number of anilines is 1. The van der Waals surface area contributed by atoms with Gasteiger partial charge in [-0.05, 0) is 25.0 Å². The van der Waals surface area contributed by atoms with E-state index >= 15 is 0 Å². The average molecular weight is 405 g/mol. The summed E-state index contributed by atoms with van der Waals surface area (Å²) in [5.74, 6) is -1.54. The van der Waals surface area contributed by atoms with E-state index < -0.39 is 24.0 Å². The zero-order valence-corrected chi connectivity index (χ0v) is 16.7. The van der Waals surface area contributed by atoms with Gasteiger partial charge in [0.1, 0.15) is 11.8 Å². The third-order valence-electron chi connectivity index (χ3n) is 3.80. The number of carboxylic acid groups (broad SMARTS) is 1. The van der Waals surface area contributed by atoms with Crippen LogP contribution in [0.3, 0.4) is 0 Å². The molecule has 1 aromatic carbocycles. The SMILES string of the molecule is CC(Oc1ccccc1)C(=O)Nc1nc(CC(=O)NC(C(=O)O)C(C)C)cs1. The summed E-state index contributed by atoms with van der Waals surface area (Å²) in [6.07, 6.45) is -0.792. The first-order valence-electron chi connectivity index (χ1n) is 8.75. The molecule has 2 atom stereocenters. The molecule has 1 aromatic heterocycles. The fraction of sp³-hybridized carbons (Fsp3) is 0.368. The van der Waals surface area contributed by atoms with E-state index in [1.807, 2.05) is 18.2 Å². The van der Waals surface area contributed by atoms with E-state index in [1.54, 1.807) is 38.3 Å². The number of carbonyl (C=O) groups is 3. The second-order valence-electron chi connectivity index (χ2n) is 6.51. The number of aliphatic carboxylic acids is 1. The minimum absolute atomic E-state index is 0.0705. The van der Waals surface area contributed by atoms with Gasteiger partial charge in [0.25, 0.3) is 5.91 Å². The van der Waals surface area contributed by atoms with Crippen molar-refractivity contribution in [2.75, 3.05) is 5.32 Å². The van der Waals surface area contributed by atoms with Gasteiger partial charge >= 0.3 is 5.97 Å². The van der Waals surface area contributed by atoms with Gasteiger partial charge in [0.15, 0.2) is 11.2 Å². The van der Waals surface area contributed by atoms with Crippen LogP contribution in [0.4, 0.5) is 5.13 Å². The van der Waals surface area contributed by atoms with Crippen LogP contribution in [0.1, 0.15) is 26.5 Å². The molecule has 0 aliphatic heterocycles. The number of carboxylic acids is 1. The van der Waals surface area contributed by atoms with E-state index in [0.717, 1.165) is 0 Å². The van der Waals surface area contributed by atoms with Gasteiger partial charge in [0.05, 0.1) is 12.1 Å². The number of hydrogen-bond donors (Lipinski definition) is 3. The Morgan fingerprint density at radius 2 is 1.86 bits per heavy atom. The molecule has 2 aromatic rings. The number of nitrogens with one attached hydrogen (secondary N) is 2. The summed E-state index contributed by atoms with van der Waals surface area (Å²) >= 11 is 1.18. The Labute approximate surface area is 166 Å². The maximum absolute atomic E-state index is 12.2. The zero-order chi connectivity index (χ0) is 20.7. The Bertz CT molecular complexity index is 822. The topological polar surface area (TPSA) is 118 Å². The van der Waals surface area contributed by atoms with Crippen molar-refractivity contribution in [1.29, 1.82) is 0 Å². The number of aromatic nitrogens is 1. The summed E-state index contributed by atoms with van der Waals surface area (Å²) in [6, 6.07) is 8.03. The molecule has 0 spiro atoms. The van der Waals surface area contributed by atoms with Crippen LogP contribution in [-0.2, 0) is 20.8 Å². The van der Waals surface area contributed by atoms with Crippen molar-refractivity contribution in [3.05, 3.63) is 41.4 Å². The van der Waals surface area contributed by atoms with Gasteiger partial charge in [0, 0.05) is 5.38 Å². The molecule has 2 rings (SSSR count). The molecule has 0 radical (unpaired) electrons. The molecule has 2 unspecified atom stereocenters. The predicted octanol–water partition coefficient (Wildman–Crippen LogP) is 2.32. The first-order valence-corrected chi connectivity index (χ1v) is 9.63. The molecular formula is C19H23N3O5S. The van der Waals surface area contributed by atoms with Gasteiger partial charge in [0.2, 0.25) is 5.91 Å². The van der Waals surface area contributed by atoms with Crippen molar-refractivity contribution in [2.24, 2.45) is 5.92 Å². The number of benzene rings is 1. The number of ether oxygens (including phenoxy) is 1. The summed E-state index contributed by atoms with van der Waals surface area (Å²) in [5.41, 5.74) is 0.447. The molecular weight excluding hydrogens is 382 g/mol. The van der Waals surface area contributed by atoms with Crippen molar-refractivity contribution < 1.29 is 24.2 Å². The summed E-state index contributed by atoms with van der Waals surface area (Å²) < 4.78 is 5.55. The van der Waals surface area contributed by atoms with Crippen LogP contribution < -0.4 is 15.4 Å². The number of hydrogen-bond acceptors (Lipinski definition) is 6. The smallest absolute Gasteiger partial charge is 0.326 e. The van der Waals surface area contributed by atoms with Gasteiger partial charge in [-0.25, -0.2) is 9.78 Å². The number of rotatable bonds is 9. The Balaban J connectivity index is 1.88. The highest BCUT2D eigenvalue weighted by atomic mass is 32.1. The lowest BCUT2D eigenvalue weighted by atomic mass is 10.0.